The predicted molar refractivity (Wildman–Crippen MR) is 86.8 cm³/mol. The molecule has 0 aliphatic carbocycles. The highest BCUT2D eigenvalue weighted by molar-refractivity contribution is 9.10. The molecular formula is C16H26BrFN2. The van der Waals surface area contributed by atoms with E-state index in [1.54, 1.807) is 6.07 Å². The summed E-state index contributed by atoms with van der Waals surface area (Å²) in [5.41, 5.74) is 3.70. The van der Waals surface area contributed by atoms with Crippen molar-refractivity contribution in [2.24, 2.45) is 5.84 Å². The van der Waals surface area contributed by atoms with Crippen molar-refractivity contribution in [2.75, 3.05) is 0 Å². The Morgan fingerprint density at radius 2 is 1.80 bits per heavy atom. The van der Waals surface area contributed by atoms with Crippen molar-refractivity contribution >= 4 is 15.9 Å². The zero-order valence-corrected chi connectivity index (χ0v) is 13.9. The highest BCUT2D eigenvalue weighted by Gasteiger charge is 2.14. The molecule has 20 heavy (non-hydrogen) atoms. The van der Waals surface area contributed by atoms with Gasteiger partial charge in [-0.15, -0.1) is 0 Å². The Morgan fingerprint density at radius 3 is 2.45 bits per heavy atom. The van der Waals surface area contributed by atoms with Crippen LogP contribution in [0.2, 0.25) is 0 Å². The molecule has 3 N–H and O–H groups in total. The van der Waals surface area contributed by atoms with E-state index in [1.807, 2.05) is 6.07 Å². The number of nitrogens with two attached hydrogens (primary N) is 1. The fourth-order valence-electron chi connectivity index (χ4n) is 2.42. The molecule has 0 aliphatic heterocycles. The maximum Gasteiger partial charge on any atom is 0.137 e. The first kappa shape index (κ1) is 17.6. The number of hydrazine groups is 1. The summed E-state index contributed by atoms with van der Waals surface area (Å²) in [5.74, 6) is 5.38. The summed E-state index contributed by atoms with van der Waals surface area (Å²) in [6.45, 7) is 2.23. The smallest absolute Gasteiger partial charge is 0.137 e. The summed E-state index contributed by atoms with van der Waals surface area (Å²) >= 11 is 3.30. The van der Waals surface area contributed by atoms with Gasteiger partial charge in [0.2, 0.25) is 0 Å². The second-order valence-corrected chi connectivity index (χ2v) is 6.07. The molecule has 0 saturated carbocycles. The Labute approximate surface area is 130 Å². The lowest BCUT2D eigenvalue weighted by Gasteiger charge is -2.18. The Morgan fingerprint density at radius 1 is 1.15 bits per heavy atom. The van der Waals surface area contributed by atoms with Crippen LogP contribution >= 0.6 is 15.9 Å². The van der Waals surface area contributed by atoms with E-state index in [9.17, 15) is 4.39 Å². The number of nitrogens with one attached hydrogen (secondary N) is 1. The third-order valence-corrected chi connectivity index (χ3v) is 4.49. The third-order valence-electron chi connectivity index (χ3n) is 3.65. The number of unbranched alkanes of at least 4 members (excludes halogenated alkanes) is 6. The second-order valence-electron chi connectivity index (χ2n) is 5.27. The maximum absolute atomic E-state index is 13.5. The molecule has 0 spiro atoms. The van der Waals surface area contributed by atoms with Gasteiger partial charge in [-0.1, -0.05) is 64.0 Å². The first-order valence-corrected chi connectivity index (χ1v) is 8.40. The van der Waals surface area contributed by atoms with Crippen LogP contribution in [0, 0.1) is 5.82 Å². The largest absolute Gasteiger partial charge is 0.271 e. The molecular weight excluding hydrogens is 319 g/mol. The highest BCUT2D eigenvalue weighted by atomic mass is 79.9. The molecule has 114 valence electrons. The average Bonchev–Trinajstić information content (AvgIpc) is 2.46. The van der Waals surface area contributed by atoms with Gasteiger partial charge in [0.1, 0.15) is 5.82 Å². The van der Waals surface area contributed by atoms with Crippen molar-refractivity contribution in [3.63, 3.8) is 0 Å². The molecule has 0 aromatic heterocycles. The van der Waals surface area contributed by atoms with Gasteiger partial charge in [0.05, 0.1) is 4.47 Å². The van der Waals surface area contributed by atoms with Crippen LogP contribution in [0.4, 0.5) is 4.39 Å². The number of halogens is 2. The van der Waals surface area contributed by atoms with E-state index in [-0.39, 0.29) is 11.9 Å². The van der Waals surface area contributed by atoms with Crippen molar-refractivity contribution in [1.82, 2.24) is 5.43 Å². The summed E-state index contributed by atoms with van der Waals surface area (Å²) in [4.78, 5) is 0. The number of rotatable bonds is 10. The van der Waals surface area contributed by atoms with E-state index in [1.165, 1.54) is 44.6 Å². The van der Waals surface area contributed by atoms with Gasteiger partial charge in [-0.25, -0.2) is 4.39 Å². The fraction of sp³-hybridized carbons (Fsp3) is 0.625. The molecule has 2 nitrogen and oxygen atoms in total. The summed E-state index contributed by atoms with van der Waals surface area (Å²) in [6, 6.07) is 5.11. The molecule has 1 aromatic carbocycles. The molecule has 0 saturated heterocycles. The van der Waals surface area contributed by atoms with Crippen molar-refractivity contribution in [1.29, 1.82) is 0 Å². The number of hydrogen-bond acceptors (Lipinski definition) is 2. The van der Waals surface area contributed by atoms with Crippen molar-refractivity contribution in [2.45, 2.75) is 64.3 Å². The topological polar surface area (TPSA) is 38.0 Å². The van der Waals surface area contributed by atoms with Crippen molar-refractivity contribution in [3.8, 4) is 0 Å². The zero-order chi connectivity index (χ0) is 14.8. The van der Waals surface area contributed by atoms with Gasteiger partial charge < -0.3 is 0 Å². The summed E-state index contributed by atoms with van der Waals surface area (Å²) in [6.07, 6.45) is 9.82. The fourth-order valence-corrected chi connectivity index (χ4v) is 2.96. The Kier molecular flexibility index (Phi) is 9.07. The van der Waals surface area contributed by atoms with E-state index >= 15 is 0 Å². The van der Waals surface area contributed by atoms with Gasteiger partial charge in [0.15, 0.2) is 0 Å². The van der Waals surface area contributed by atoms with E-state index in [2.05, 4.69) is 28.3 Å². The summed E-state index contributed by atoms with van der Waals surface area (Å²) in [7, 11) is 0. The van der Waals surface area contributed by atoms with Crippen LogP contribution in [0.15, 0.2) is 22.7 Å². The van der Waals surface area contributed by atoms with Gasteiger partial charge in [0.25, 0.3) is 0 Å². The molecule has 0 amide bonds. The molecule has 0 heterocycles. The minimum atomic E-state index is -0.234. The van der Waals surface area contributed by atoms with Crippen molar-refractivity contribution in [3.05, 3.63) is 34.1 Å². The molecule has 0 radical (unpaired) electrons. The van der Waals surface area contributed by atoms with Gasteiger partial charge in [0, 0.05) is 6.04 Å². The monoisotopic (exact) mass is 344 g/mol. The highest BCUT2D eigenvalue weighted by Crippen LogP contribution is 2.28. The molecule has 0 fully saturated rings. The van der Waals surface area contributed by atoms with E-state index < -0.39 is 0 Å². The standard InChI is InChI=1S/C16H26BrFN2/c1-2-3-4-5-6-7-8-12-15(20-19)13-10-9-11-14(18)16(13)17/h9-11,15,20H,2-8,12,19H2,1H3. The number of hydrogen-bond donors (Lipinski definition) is 2. The maximum atomic E-state index is 13.5. The normalized spacial score (nSPS) is 12.6. The Balaban J connectivity index is 2.34. The van der Waals surface area contributed by atoms with Crippen LogP contribution in [0.3, 0.4) is 0 Å². The zero-order valence-electron chi connectivity index (χ0n) is 12.3. The lowest BCUT2D eigenvalue weighted by atomic mass is 10.00. The van der Waals surface area contributed by atoms with E-state index in [4.69, 9.17) is 5.84 Å². The summed E-state index contributed by atoms with van der Waals surface area (Å²) in [5, 5.41) is 0. The minimum Gasteiger partial charge on any atom is -0.271 e. The third kappa shape index (κ3) is 5.90. The Hall–Kier alpha value is -0.450. The van der Waals surface area contributed by atoms with Gasteiger partial charge >= 0.3 is 0 Å². The molecule has 1 unspecified atom stereocenters. The first-order chi connectivity index (χ1) is 9.70. The van der Waals surface area contributed by atoms with Gasteiger partial charge in [-0.3, -0.25) is 11.3 Å². The minimum absolute atomic E-state index is 0.00992. The van der Waals surface area contributed by atoms with E-state index in [0.717, 1.165) is 18.4 Å². The molecule has 1 rings (SSSR count). The van der Waals surface area contributed by atoms with Crippen LogP contribution < -0.4 is 11.3 Å². The van der Waals surface area contributed by atoms with Crippen LogP contribution in [0.25, 0.3) is 0 Å². The molecule has 4 heteroatoms. The average molecular weight is 345 g/mol. The van der Waals surface area contributed by atoms with Gasteiger partial charge in [-0.05, 0) is 34.0 Å². The number of benzene rings is 1. The van der Waals surface area contributed by atoms with Crippen LogP contribution in [0.1, 0.15) is 69.9 Å². The second kappa shape index (κ2) is 10.3. The molecule has 0 bridgehead atoms. The van der Waals surface area contributed by atoms with Gasteiger partial charge in [-0.2, -0.15) is 0 Å². The predicted octanol–water partition coefficient (Wildman–Crippen LogP) is 5.23. The molecule has 1 atom stereocenters. The summed E-state index contributed by atoms with van der Waals surface area (Å²) < 4.78 is 14.0. The molecule has 1 aromatic rings. The molecule has 0 aliphatic rings. The SMILES string of the molecule is CCCCCCCCCC(NN)c1cccc(F)c1Br. The van der Waals surface area contributed by atoms with Crippen molar-refractivity contribution < 1.29 is 4.39 Å². The lowest BCUT2D eigenvalue weighted by molar-refractivity contribution is 0.471. The first-order valence-electron chi connectivity index (χ1n) is 7.60. The van der Waals surface area contributed by atoms with Crippen LogP contribution in [0.5, 0.6) is 0 Å². The van der Waals surface area contributed by atoms with E-state index in [0.29, 0.717) is 4.47 Å². The van der Waals surface area contributed by atoms with Crippen LogP contribution in [-0.4, -0.2) is 0 Å². The Bertz CT molecular complexity index is 385. The quantitative estimate of drug-likeness (QED) is 0.346. The van der Waals surface area contributed by atoms with Crippen LogP contribution in [-0.2, 0) is 0 Å². The lowest BCUT2D eigenvalue weighted by Crippen LogP contribution is -2.28.